The number of nitrogens with two attached hydrogens (primary N) is 2. The van der Waals surface area contributed by atoms with Gasteiger partial charge in [-0.2, -0.15) is 16.7 Å². The van der Waals surface area contributed by atoms with Crippen LogP contribution < -0.4 is 16.4 Å². The Morgan fingerprint density at radius 3 is 2.27 bits per heavy atom. The second kappa shape index (κ2) is 9.64. The van der Waals surface area contributed by atoms with E-state index in [9.17, 15) is 0 Å². The molecular weight excluding hydrogens is 391 g/mol. The lowest BCUT2D eigenvalue weighted by Crippen LogP contribution is -2.48. The molecule has 0 radical (unpaired) electrons. The van der Waals surface area contributed by atoms with Crippen LogP contribution in [-0.2, 0) is 0 Å². The molecule has 26 heavy (non-hydrogen) atoms. The molecule has 2 saturated heterocycles. The summed E-state index contributed by atoms with van der Waals surface area (Å²) in [6, 6.07) is 3.21. The molecule has 4 N–H and O–H groups in total. The Bertz CT molecular complexity index is 572. The summed E-state index contributed by atoms with van der Waals surface area (Å²) in [5.74, 6) is 4.45. The van der Waals surface area contributed by atoms with Crippen molar-refractivity contribution in [3.05, 3.63) is 11.8 Å². The minimum absolute atomic E-state index is 0. The molecule has 148 valence electrons. The highest BCUT2D eigenvalue weighted by molar-refractivity contribution is 7.99. The molecule has 1 aliphatic carbocycles. The van der Waals surface area contributed by atoms with Gasteiger partial charge in [0.15, 0.2) is 0 Å². The van der Waals surface area contributed by atoms with E-state index in [0.717, 1.165) is 43.5 Å². The molecule has 3 heterocycles. The zero-order chi connectivity index (χ0) is 16.5. The maximum absolute atomic E-state index is 5.97. The van der Waals surface area contributed by atoms with E-state index in [4.69, 9.17) is 11.5 Å². The number of nitrogens with zero attached hydrogens (tertiary/aromatic N) is 4. The van der Waals surface area contributed by atoms with E-state index in [1.54, 1.807) is 0 Å². The monoisotopic (exact) mass is 420 g/mol. The molecule has 4 rings (SSSR count). The summed E-state index contributed by atoms with van der Waals surface area (Å²) >= 11 is 2.08. The normalized spacial score (nSPS) is 27.2. The first kappa shape index (κ1) is 21.8. The summed E-state index contributed by atoms with van der Waals surface area (Å²) in [6.07, 6.45) is 4.48. The molecule has 3 fully saturated rings. The molecule has 0 unspecified atom stereocenters. The lowest BCUT2D eigenvalue weighted by Gasteiger charge is -2.40. The van der Waals surface area contributed by atoms with Gasteiger partial charge in [-0.1, -0.05) is 0 Å². The highest BCUT2D eigenvalue weighted by atomic mass is 35.5. The lowest BCUT2D eigenvalue weighted by molar-refractivity contribution is 0.185. The third-order valence-electron chi connectivity index (χ3n) is 5.69. The number of anilines is 2. The maximum atomic E-state index is 5.97. The zero-order valence-electron chi connectivity index (χ0n) is 15.0. The molecule has 1 saturated carbocycles. The van der Waals surface area contributed by atoms with E-state index >= 15 is 0 Å². The van der Waals surface area contributed by atoms with Crippen molar-refractivity contribution >= 4 is 48.3 Å². The molecule has 1 aromatic heterocycles. The predicted molar refractivity (Wildman–Crippen MR) is 115 cm³/mol. The van der Waals surface area contributed by atoms with Crippen molar-refractivity contribution in [3.63, 3.8) is 0 Å². The van der Waals surface area contributed by atoms with Crippen LogP contribution in [0.15, 0.2) is 6.07 Å². The molecule has 0 spiro atoms. The van der Waals surface area contributed by atoms with Crippen molar-refractivity contribution in [2.45, 2.75) is 43.7 Å². The van der Waals surface area contributed by atoms with Crippen molar-refractivity contribution in [2.24, 2.45) is 5.73 Å². The minimum atomic E-state index is 0. The second-order valence-electron chi connectivity index (χ2n) is 7.30. The van der Waals surface area contributed by atoms with Gasteiger partial charge in [0, 0.05) is 61.8 Å². The number of nitrogen functional groups attached to an aromatic ring is 1. The van der Waals surface area contributed by atoms with Crippen molar-refractivity contribution < 1.29 is 0 Å². The van der Waals surface area contributed by atoms with Crippen LogP contribution in [0.5, 0.6) is 0 Å². The van der Waals surface area contributed by atoms with Gasteiger partial charge in [0.25, 0.3) is 0 Å². The molecule has 9 heteroatoms. The van der Waals surface area contributed by atoms with E-state index in [1.165, 1.54) is 37.4 Å². The molecule has 0 amide bonds. The Hall–Kier alpha value is -0.470. The average Bonchev–Trinajstić information content (AvgIpc) is 2.59. The van der Waals surface area contributed by atoms with Crippen LogP contribution in [-0.4, -0.2) is 64.6 Å². The maximum Gasteiger partial charge on any atom is 0.222 e. The predicted octanol–water partition coefficient (Wildman–Crippen LogP) is 2.12. The van der Waals surface area contributed by atoms with Crippen molar-refractivity contribution in [1.82, 2.24) is 14.9 Å². The molecule has 2 aliphatic heterocycles. The van der Waals surface area contributed by atoms with Gasteiger partial charge in [0.1, 0.15) is 5.82 Å². The van der Waals surface area contributed by atoms with Gasteiger partial charge in [-0.3, -0.25) is 4.90 Å². The lowest BCUT2D eigenvalue weighted by atomic mass is 9.78. The summed E-state index contributed by atoms with van der Waals surface area (Å²) in [6.45, 7) is 4.63. The van der Waals surface area contributed by atoms with Crippen LogP contribution in [0, 0.1) is 0 Å². The van der Waals surface area contributed by atoms with Crippen molar-refractivity contribution in [1.29, 1.82) is 0 Å². The van der Waals surface area contributed by atoms with E-state index in [2.05, 4.69) is 37.6 Å². The fraction of sp³-hybridized carbons (Fsp3) is 0.765. The summed E-state index contributed by atoms with van der Waals surface area (Å²) < 4.78 is 0. The highest BCUT2D eigenvalue weighted by Crippen LogP contribution is 2.36. The Morgan fingerprint density at radius 2 is 1.65 bits per heavy atom. The highest BCUT2D eigenvalue weighted by Gasteiger charge is 2.30. The molecular formula is C17H30Cl2N6S. The van der Waals surface area contributed by atoms with Crippen molar-refractivity contribution in [3.8, 4) is 0 Å². The number of hydrogen-bond acceptors (Lipinski definition) is 7. The molecule has 3 aliphatic rings. The van der Waals surface area contributed by atoms with E-state index < -0.39 is 0 Å². The molecule has 1 aromatic rings. The van der Waals surface area contributed by atoms with E-state index in [1.807, 2.05) is 0 Å². The first-order chi connectivity index (χ1) is 11.7. The van der Waals surface area contributed by atoms with Gasteiger partial charge in [-0.25, -0.2) is 4.98 Å². The topological polar surface area (TPSA) is 84.3 Å². The minimum Gasteiger partial charge on any atom is -0.368 e. The Morgan fingerprint density at radius 1 is 1.00 bits per heavy atom. The first-order valence-electron chi connectivity index (χ1n) is 9.16. The quantitative estimate of drug-likeness (QED) is 0.774. The van der Waals surface area contributed by atoms with Gasteiger partial charge in [-0.15, -0.1) is 24.8 Å². The SMILES string of the molecule is Cl.Cl.Nc1nc(C2CC(N)C2)cc(N2CCC(N3CCSCC3)CC2)n1. The molecule has 0 aromatic carbocycles. The van der Waals surface area contributed by atoms with Gasteiger partial charge < -0.3 is 16.4 Å². The number of thioether (sulfide) groups is 1. The number of aromatic nitrogens is 2. The largest absolute Gasteiger partial charge is 0.368 e. The number of piperidine rings is 1. The van der Waals surface area contributed by atoms with Crippen LogP contribution in [0.4, 0.5) is 11.8 Å². The van der Waals surface area contributed by atoms with E-state index in [-0.39, 0.29) is 24.8 Å². The Balaban J connectivity index is 0.00000121. The Labute approximate surface area is 172 Å². The molecule has 0 atom stereocenters. The standard InChI is InChI=1S/C17H28N6S.2ClH/c18-13-9-12(10-13)15-11-16(21-17(19)20-15)23-3-1-14(2-4-23)22-5-7-24-8-6-22;;/h11-14H,1-10,18H2,(H2,19,20,21);2*1H. The third kappa shape index (κ3) is 4.87. The number of hydrogen-bond donors (Lipinski definition) is 2. The van der Waals surface area contributed by atoms with E-state index in [0.29, 0.717) is 17.9 Å². The zero-order valence-corrected chi connectivity index (χ0v) is 17.5. The van der Waals surface area contributed by atoms with Crippen LogP contribution in [0.25, 0.3) is 0 Å². The summed E-state index contributed by atoms with van der Waals surface area (Å²) in [7, 11) is 0. The molecule has 0 bridgehead atoms. The number of halogens is 2. The smallest absolute Gasteiger partial charge is 0.222 e. The van der Waals surface area contributed by atoms with Gasteiger partial charge in [0.05, 0.1) is 5.69 Å². The number of rotatable bonds is 3. The van der Waals surface area contributed by atoms with Gasteiger partial charge >= 0.3 is 0 Å². The fourth-order valence-corrected chi connectivity index (χ4v) is 5.08. The van der Waals surface area contributed by atoms with Crippen LogP contribution in [0.3, 0.4) is 0 Å². The van der Waals surface area contributed by atoms with Gasteiger partial charge in [0.2, 0.25) is 5.95 Å². The van der Waals surface area contributed by atoms with Gasteiger partial charge in [-0.05, 0) is 25.7 Å². The van der Waals surface area contributed by atoms with Crippen molar-refractivity contribution in [2.75, 3.05) is 48.3 Å². The first-order valence-corrected chi connectivity index (χ1v) is 10.3. The third-order valence-corrected chi connectivity index (χ3v) is 6.64. The van der Waals surface area contributed by atoms with Crippen LogP contribution in [0.1, 0.15) is 37.3 Å². The Kier molecular flexibility index (Phi) is 8.09. The van der Waals surface area contributed by atoms with Crippen LogP contribution >= 0.6 is 36.6 Å². The fourth-order valence-electron chi connectivity index (χ4n) is 4.15. The summed E-state index contributed by atoms with van der Waals surface area (Å²) in [4.78, 5) is 14.0. The van der Waals surface area contributed by atoms with Crippen LogP contribution in [0.2, 0.25) is 0 Å². The summed E-state index contributed by atoms with van der Waals surface area (Å²) in [5.41, 5.74) is 13.0. The average molecular weight is 421 g/mol. The summed E-state index contributed by atoms with van der Waals surface area (Å²) in [5, 5.41) is 0. The molecule has 6 nitrogen and oxygen atoms in total. The second-order valence-corrected chi connectivity index (χ2v) is 8.53.